The molecule has 0 unspecified atom stereocenters. The molecule has 4 nitrogen and oxygen atoms in total. The van der Waals surface area contributed by atoms with Crippen LogP contribution in [0.15, 0.2) is 42.5 Å². The third-order valence-corrected chi connectivity index (χ3v) is 3.89. The zero-order chi connectivity index (χ0) is 17.7. The molecule has 24 heavy (non-hydrogen) atoms. The molecule has 5 heteroatoms. The summed E-state index contributed by atoms with van der Waals surface area (Å²) >= 11 is 5.92. The van der Waals surface area contributed by atoms with Crippen molar-refractivity contribution in [1.82, 2.24) is 0 Å². The molecule has 0 spiro atoms. The van der Waals surface area contributed by atoms with Crippen LogP contribution in [0.2, 0.25) is 5.02 Å². The molecule has 2 N–H and O–H groups in total. The van der Waals surface area contributed by atoms with E-state index >= 15 is 0 Å². The van der Waals surface area contributed by atoms with Crippen molar-refractivity contribution in [1.29, 1.82) is 0 Å². The van der Waals surface area contributed by atoms with Crippen LogP contribution in [0.4, 0.5) is 11.4 Å². The number of carbonyl (C=O) groups is 2. The number of hydrogen-bond donors (Lipinski definition) is 2. The SMILES string of the molecule is Cc1ccc(Cl)cc1NC(=O)CC(=O)Nc1ccc(C(C)C)cc1. The quantitative estimate of drug-likeness (QED) is 0.770. The zero-order valence-electron chi connectivity index (χ0n) is 14.0. The second kappa shape index (κ2) is 7.97. The maximum Gasteiger partial charge on any atom is 0.233 e. The predicted octanol–water partition coefficient (Wildman–Crippen LogP) is 4.74. The van der Waals surface area contributed by atoms with Crippen LogP contribution in [0.25, 0.3) is 0 Å². The lowest BCUT2D eigenvalue weighted by Gasteiger charge is -2.10. The highest BCUT2D eigenvalue weighted by Gasteiger charge is 2.11. The fourth-order valence-corrected chi connectivity index (χ4v) is 2.40. The van der Waals surface area contributed by atoms with Gasteiger partial charge in [0.05, 0.1) is 0 Å². The summed E-state index contributed by atoms with van der Waals surface area (Å²) in [7, 11) is 0. The number of amides is 2. The molecule has 126 valence electrons. The molecule has 0 aliphatic carbocycles. The maximum atomic E-state index is 12.0. The standard InChI is InChI=1S/C19H21ClN2O2/c1-12(2)14-5-8-16(9-6-14)21-18(23)11-19(24)22-17-10-15(20)7-4-13(17)3/h4-10,12H,11H2,1-3H3,(H,21,23)(H,22,24). The number of anilines is 2. The van der Waals surface area contributed by atoms with Crippen LogP contribution in [-0.2, 0) is 9.59 Å². The summed E-state index contributed by atoms with van der Waals surface area (Å²) in [5.41, 5.74) is 3.37. The van der Waals surface area contributed by atoms with Gasteiger partial charge in [0.15, 0.2) is 0 Å². The monoisotopic (exact) mass is 344 g/mol. The van der Waals surface area contributed by atoms with E-state index in [1.165, 1.54) is 5.56 Å². The highest BCUT2D eigenvalue weighted by Crippen LogP contribution is 2.20. The predicted molar refractivity (Wildman–Crippen MR) is 98.6 cm³/mol. The van der Waals surface area contributed by atoms with Crippen molar-refractivity contribution in [3.63, 3.8) is 0 Å². The summed E-state index contributed by atoms with van der Waals surface area (Å²) in [5.74, 6) is -0.303. The second-order valence-electron chi connectivity index (χ2n) is 6.01. The van der Waals surface area contributed by atoms with Crippen molar-refractivity contribution in [2.45, 2.75) is 33.1 Å². The summed E-state index contributed by atoms with van der Waals surface area (Å²) in [6.07, 6.45) is -0.252. The lowest BCUT2D eigenvalue weighted by molar-refractivity contribution is -0.123. The number of hydrogen-bond acceptors (Lipinski definition) is 2. The molecule has 0 heterocycles. The lowest BCUT2D eigenvalue weighted by atomic mass is 10.0. The smallest absolute Gasteiger partial charge is 0.233 e. The highest BCUT2D eigenvalue weighted by atomic mass is 35.5. The average Bonchev–Trinajstić information content (AvgIpc) is 2.51. The first kappa shape index (κ1) is 18.0. The topological polar surface area (TPSA) is 58.2 Å². The van der Waals surface area contributed by atoms with Crippen LogP contribution in [0.3, 0.4) is 0 Å². The van der Waals surface area contributed by atoms with Gasteiger partial charge in [0.1, 0.15) is 6.42 Å². The number of nitrogens with one attached hydrogen (secondary N) is 2. The van der Waals surface area contributed by atoms with Gasteiger partial charge < -0.3 is 10.6 Å². The molecular weight excluding hydrogens is 324 g/mol. The molecule has 0 saturated heterocycles. The molecule has 0 bridgehead atoms. The van der Waals surface area contributed by atoms with E-state index in [2.05, 4.69) is 24.5 Å². The van der Waals surface area contributed by atoms with E-state index in [0.29, 0.717) is 22.3 Å². The van der Waals surface area contributed by atoms with Gasteiger partial charge in [0.2, 0.25) is 11.8 Å². The summed E-state index contributed by atoms with van der Waals surface area (Å²) in [4.78, 5) is 24.0. The molecule has 0 aliphatic heterocycles. The molecule has 0 fully saturated rings. The van der Waals surface area contributed by atoms with Crippen LogP contribution in [-0.4, -0.2) is 11.8 Å². The van der Waals surface area contributed by atoms with Crippen LogP contribution >= 0.6 is 11.6 Å². The second-order valence-corrected chi connectivity index (χ2v) is 6.45. The van der Waals surface area contributed by atoms with Gasteiger partial charge >= 0.3 is 0 Å². The number of carbonyl (C=O) groups excluding carboxylic acids is 2. The van der Waals surface area contributed by atoms with E-state index in [1.54, 1.807) is 12.1 Å². The third-order valence-electron chi connectivity index (χ3n) is 3.66. The molecular formula is C19H21ClN2O2. The molecule has 2 rings (SSSR count). The van der Waals surface area contributed by atoms with E-state index in [-0.39, 0.29) is 18.2 Å². The maximum absolute atomic E-state index is 12.0. The molecule has 0 aromatic heterocycles. The first-order chi connectivity index (χ1) is 11.3. The van der Waals surface area contributed by atoms with Crippen molar-refractivity contribution in [2.75, 3.05) is 10.6 Å². The van der Waals surface area contributed by atoms with Crippen LogP contribution in [0, 0.1) is 6.92 Å². The minimum atomic E-state index is -0.378. The van der Waals surface area contributed by atoms with Crippen LogP contribution in [0.1, 0.15) is 37.3 Å². The molecule has 0 atom stereocenters. The van der Waals surface area contributed by atoms with Gasteiger partial charge in [-0.15, -0.1) is 0 Å². The fourth-order valence-electron chi connectivity index (χ4n) is 2.23. The molecule has 0 saturated carbocycles. The number of rotatable bonds is 5. The molecule has 2 amide bonds. The minimum absolute atomic E-state index is 0.252. The van der Waals surface area contributed by atoms with E-state index in [0.717, 1.165) is 5.56 Å². The molecule has 2 aromatic carbocycles. The molecule has 2 aromatic rings. The van der Waals surface area contributed by atoms with E-state index in [1.807, 2.05) is 37.3 Å². The Hall–Kier alpha value is -2.33. The Morgan fingerprint density at radius 1 is 1.00 bits per heavy atom. The van der Waals surface area contributed by atoms with Gasteiger partial charge in [0.25, 0.3) is 0 Å². The summed E-state index contributed by atoms with van der Waals surface area (Å²) in [6, 6.07) is 12.8. The Kier molecular flexibility index (Phi) is 5.99. The van der Waals surface area contributed by atoms with Gasteiger partial charge in [-0.1, -0.05) is 43.6 Å². The Morgan fingerprint density at radius 2 is 1.62 bits per heavy atom. The Morgan fingerprint density at radius 3 is 2.25 bits per heavy atom. The number of aryl methyl sites for hydroxylation is 1. The van der Waals surface area contributed by atoms with Crippen molar-refractivity contribution in [2.24, 2.45) is 0 Å². The van der Waals surface area contributed by atoms with Crippen molar-refractivity contribution in [3.8, 4) is 0 Å². The van der Waals surface area contributed by atoms with Gasteiger partial charge in [-0.05, 0) is 48.2 Å². The van der Waals surface area contributed by atoms with Crippen LogP contribution < -0.4 is 10.6 Å². The summed E-state index contributed by atoms with van der Waals surface area (Å²) in [5, 5.41) is 5.97. The molecule has 0 aliphatic rings. The van der Waals surface area contributed by atoms with E-state index in [9.17, 15) is 9.59 Å². The third kappa shape index (κ3) is 5.10. The van der Waals surface area contributed by atoms with E-state index < -0.39 is 0 Å². The zero-order valence-corrected chi connectivity index (χ0v) is 14.8. The molecule has 0 radical (unpaired) electrons. The Balaban J connectivity index is 1.91. The van der Waals surface area contributed by atoms with Gasteiger partial charge in [-0.25, -0.2) is 0 Å². The highest BCUT2D eigenvalue weighted by molar-refractivity contribution is 6.31. The van der Waals surface area contributed by atoms with Gasteiger partial charge in [-0.3, -0.25) is 9.59 Å². The first-order valence-electron chi connectivity index (χ1n) is 7.81. The largest absolute Gasteiger partial charge is 0.326 e. The number of benzene rings is 2. The van der Waals surface area contributed by atoms with Gasteiger partial charge in [-0.2, -0.15) is 0 Å². The van der Waals surface area contributed by atoms with Crippen LogP contribution in [0.5, 0.6) is 0 Å². The Bertz CT molecular complexity index is 740. The first-order valence-corrected chi connectivity index (χ1v) is 8.19. The fraction of sp³-hybridized carbons (Fsp3) is 0.263. The normalized spacial score (nSPS) is 10.5. The average molecular weight is 345 g/mol. The minimum Gasteiger partial charge on any atom is -0.326 e. The number of halogens is 1. The van der Waals surface area contributed by atoms with Crippen molar-refractivity contribution >= 4 is 34.8 Å². The summed E-state index contributed by atoms with van der Waals surface area (Å²) < 4.78 is 0. The lowest BCUT2D eigenvalue weighted by Crippen LogP contribution is -2.21. The van der Waals surface area contributed by atoms with E-state index in [4.69, 9.17) is 11.6 Å². The van der Waals surface area contributed by atoms with Gasteiger partial charge in [0, 0.05) is 16.4 Å². The Labute approximate surface area is 147 Å². The van der Waals surface area contributed by atoms with Crippen molar-refractivity contribution in [3.05, 3.63) is 58.6 Å². The summed E-state index contributed by atoms with van der Waals surface area (Å²) in [6.45, 7) is 6.08. The van der Waals surface area contributed by atoms with Crippen molar-refractivity contribution < 1.29 is 9.59 Å².